The Balaban J connectivity index is 2.12. The fourth-order valence-corrected chi connectivity index (χ4v) is 6.51. The van der Waals surface area contributed by atoms with Crippen LogP contribution in [0.15, 0.2) is 71.6 Å². The minimum Gasteiger partial charge on any atom is -0.355 e. The number of carbonyl (C=O) groups is 2. The van der Waals surface area contributed by atoms with Crippen molar-refractivity contribution >= 4 is 73.9 Å². The Bertz CT molecular complexity index is 1420. The molecule has 3 aromatic carbocycles. The van der Waals surface area contributed by atoms with Crippen molar-refractivity contribution in [3.05, 3.63) is 92.4 Å². The summed E-state index contributed by atoms with van der Waals surface area (Å²) >= 11 is 25.3. The highest BCUT2D eigenvalue weighted by Gasteiger charge is 2.34. The van der Waals surface area contributed by atoms with Crippen LogP contribution in [0.4, 0.5) is 5.69 Å². The van der Waals surface area contributed by atoms with Gasteiger partial charge in [-0.25, -0.2) is 8.42 Å². The van der Waals surface area contributed by atoms with Crippen LogP contribution in [0, 0.1) is 0 Å². The summed E-state index contributed by atoms with van der Waals surface area (Å²) in [5.41, 5.74) is 0.485. The first kappa shape index (κ1) is 31.0. The van der Waals surface area contributed by atoms with Crippen molar-refractivity contribution in [3.63, 3.8) is 0 Å². The standard InChI is InChI=1S/C27H27Cl4N3O4S/c1-3-24(27(36)32-4-2)33(16-20-21(29)11-8-12-22(20)30)26(35)17-34(25-14-13-18(28)15-23(25)31)39(37,38)19-9-6-5-7-10-19/h5-15,24H,3-4,16-17H2,1-2H3,(H,32,36)/t24-/m1/s1. The van der Waals surface area contributed by atoms with E-state index in [1.54, 1.807) is 50.2 Å². The summed E-state index contributed by atoms with van der Waals surface area (Å²) < 4.78 is 28.5. The van der Waals surface area contributed by atoms with E-state index in [2.05, 4.69) is 5.32 Å². The molecule has 0 bridgehead atoms. The van der Waals surface area contributed by atoms with Gasteiger partial charge in [0.15, 0.2) is 0 Å². The first-order chi connectivity index (χ1) is 18.5. The summed E-state index contributed by atoms with van der Waals surface area (Å²) in [6.45, 7) is 3.08. The molecule has 0 spiro atoms. The predicted octanol–water partition coefficient (Wildman–Crippen LogP) is 6.44. The van der Waals surface area contributed by atoms with Gasteiger partial charge in [0.05, 0.1) is 15.6 Å². The molecule has 1 atom stereocenters. The van der Waals surface area contributed by atoms with Gasteiger partial charge in [-0.2, -0.15) is 0 Å². The molecule has 1 N–H and O–H groups in total. The third-order valence-electron chi connectivity index (χ3n) is 5.92. The van der Waals surface area contributed by atoms with E-state index in [-0.39, 0.29) is 28.6 Å². The predicted molar refractivity (Wildman–Crippen MR) is 157 cm³/mol. The lowest BCUT2D eigenvalue weighted by molar-refractivity contribution is -0.140. The van der Waals surface area contributed by atoms with Crippen LogP contribution in [-0.2, 0) is 26.2 Å². The number of halogens is 4. The summed E-state index contributed by atoms with van der Waals surface area (Å²) in [6.07, 6.45) is 0.257. The molecule has 3 rings (SSSR count). The second-order valence-electron chi connectivity index (χ2n) is 8.46. The molecule has 0 saturated carbocycles. The van der Waals surface area contributed by atoms with Crippen LogP contribution in [0.5, 0.6) is 0 Å². The van der Waals surface area contributed by atoms with Crippen LogP contribution in [0.1, 0.15) is 25.8 Å². The smallest absolute Gasteiger partial charge is 0.264 e. The van der Waals surface area contributed by atoms with E-state index < -0.39 is 34.4 Å². The molecule has 0 aromatic heterocycles. The van der Waals surface area contributed by atoms with E-state index in [0.29, 0.717) is 27.2 Å². The normalized spacial score (nSPS) is 12.1. The van der Waals surface area contributed by atoms with Crippen LogP contribution < -0.4 is 9.62 Å². The number of hydrogen-bond donors (Lipinski definition) is 1. The number of anilines is 1. The summed E-state index contributed by atoms with van der Waals surface area (Å²) in [6, 6.07) is 15.9. The number of rotatable bonds is 11. The van der Waals surface area contributed by atoms with E-state index in [0.717, 1.165) is 4.31 Å². The van der Waals surface area contributed by atoms with Gasteiger partial charge in [-0.1, -0.05) is 77.6 Å². The summed E-state index contributed by atoms with van der Waals surface area (Å²) in [5.74, 6) is -1.05. The van der Waals surface area contributed by atoms with Gasteiger partial charge < -0.3 is 10.2 Å². The lowest BCUT2D eigenvalue weighted by Crippen LogP contribution is -2.52. The summed E-state index contributed by atoms with van der Waals surface area (Å²) in [7, 11) is -4.26. The monoisotopic (exact) mass is 629 g/mol. The van der Waals surface area contributed by atoms with Gasteiger partial charge in [0, 0.05) is 33.7 Å². The Morgan fingerprint density at radius 1 is 0.872 bits per heavy atom. The Kier molecular flexibility index (Phi) is 10.9. The molecule has 0 saturated heterocycles. The highest BCUT2D eigenvalue weighted by Crippen LogP contribution is 2.33. The molecule has 0 radical (unpaired) electrons. The molecule has 7 nitrogen and oxygen atoms in total. The van der Waals surface area contributed by atoms with Crippen molar-refractivity contribution in [2.24, 2.45) is 0 Å². The summed E-state index contributed by atoms with van der Waals surface area (Å²) in [4.78, 5) is 28.3. The quantitative estimate of drug-likeness (QED) is 0.264. The number of hydrogen-bond acceptors (Lipinski definition) is 4. The zero-order valence-corrected chi connectivity index (χ0v) is 25.0. The number of amides is 2. The van der Waals surface area contributed by atoms with Crippen LogP contribution in [0.2, 0.25) is 20.1 Å². The van der Waals surface area contributed by atoms with Gasteiger partial charge in [0.2, 0.25) is 11.8 Å². The Morgan fingerprint density at radius 3 is 2.08 bits per heavy atom. The molecule has 0 aliphatic rings. The van der Waals surface area contributed by atoms with Crippen LogP contribution >= 0.6 is 46.4 Å². The van der Waals surface area contributed by atoms with Crippen molar-refractivity contribution in [2.75, 3.05) is 17.4 Å². The van der Waals surface area contributed by atoms with E-state index in [9.17, 15) is 18.0 Å². The highest BCUT2D eigenvalue weighted by molar-refractivity contribution is 7.92. The zero-order valence-electron chi connectivity index (χ0n) is 21.2. The van der Waals surface area contributed by atoms with Crippen LogP contribution in [0.3, 0.4) is 0 Å². The molecule has 3 aromatic rings. The molecule has 0 heterocycles. The second kappa shape index (κ2) is 13.7. The van der Waals surface area contributed by atoms with E-state index in [1.807, 2.05) is 0 Å². The number of benzene rings is 3. The molecule has 0 aliphatic heterocycles. The Morgan fingerprint density at radius 2 is 1.51 bits per heavy atom. The van der Waals surface area contributed by atoms with Gasteiger partial charge >= 0.3 is 0 Å². The maximum Gasteiger partial charge on any atom is 0.264 e. The molecule has 39 heavy (non-hydrogen) atoms. The molecule has 0 fully saturated rings. The number of carbonyl (C=O) groups excluding carboxylic acids is 2. The average molecular weight is 631 g/mol. The Hall–Kier alpha value is -2.49. The number of nitrogens with zero attached hydrogens (tertiary/aromatic N) is 2. The van der Waals surface area contributed by atoms with Crippen LogP contribution in [-0.4, -0.2) is 44.3 Å². The van der Waals surface area contributed by atoms with Crippen molar-refractivity contribution in [2.45, 2.75) is 37.8 Å². The van der Waals surface area contributed by atoms with E-state index in [4.69, 9.17) is 46.4 Å². The van der Waals surface area contributed by atoms with Gasteiger partial charge in [0.1, 0.15) is 12.6 Å². The fourth-order valence-electron chi connectivity index (χ4n) is 3.98. The average Bonchev–Trinajstić information content (AvgIpc) is 2.89. The van der Waals surface area contributed by atoms with Gasteiger partial charge in [-0.15, -0.1) is 0 Å². The van der Waals surface area contributed by atoms with Crippen molar-refractivity contribution in [1.29, 1.82) is 0 Å². The van der Waals surface area contributed by atoms with Gasteiger partial charge in [0.25, 0.3) is 10.0 Å². The minimum absolute atomic E-state index is 0.0336. The largest absolute Gasteiger partial charge is 0.355 e. The zero-order chi connectivity index (χ0) is 28.7. The van der Waals surface area contributed by atoms with Crippen molar-refractivity contribution in [3.8, 4) is 0 Å². The SMILES string of the molecule is CCNC(=O)[C@@H](CC)N(Cc1c(Cl)cccc1Cl)C(=O)CN(c1ccc(Cl)cc1Cl)S(=O)(=O)c1ccccc1. The maximum absolute atomic E-state index is 14.0. The number of nitrogens with one attached hydrogen (secondary N) is 1. The van der Waals surface area contributed by atoms with Crippen molar-refractivity contribution in [1.82, 2.24) is 10.2 Å². The molecular formula is C27H27Cl4N3O4S. The molecule has 12 heteroatoms. The third-order valence-corrected chi connectivity index (χ3v) is 8.94. The molecule has 0 unspecified atom stereocenters. The third kappa shape index (κ3) is 7.38. The Labute approximate surface area is 248 Å². The molecule has 2 amide bonds. The first-order valence-electron chi connectivity index (χ1n) is 12.0. The topological polar surface area (TPSA) is 86.8 Å². The van der Waals surface area contributed by atoms with E-state index in [1.165, 1.54) is 35.2 Å². The van der Waals surface area contributed by atoms with Gasteiger partial charge in [-0.3, -0.25) is 13.9 Å². The second-order valence-corrected chi connectivity index (χ2v) is 12.0. The van der Waals surface area contributed by atoms with Gasteiger partial charge in [-0.05, 0) is 55.8 Å². The first-order valence-corrected chi connectivity index (χ1v) is 15.0. The summed E-state index contributed by atoms with van der Waals surface area (Å²) in [5, 5.41) is 3.68. The lowest BCUT2D eigenvalue weighted by Gasteiger charge is -2.33. The van der Waals surface area contributed by atoms with Crippen molar-refractivity contribution < 1.29 is 18.0 Å². The highest BCUT2D eigenvalue weighted by atomic mass is 35.5. The number of sulfonamides is 1. The number of likely N-dealkylation sites (N-methyl/N-ethyl adjacent to an activating group) is 1. The fraction of sp³-hybridized carbons (Fsp3) is 0.259. The van der Waals surface area contributed by atoms with Crippen LogP contribution in [0.25, 0.3) is 0 Å². The molecule has 208 valence electrons. The maximum atomic E-state index is 14.0. The van der Waals surface area contributed by atoms with E-state index >= 15 is 0 Å². The minimum atomic E-state index is -4.26. The molecule has 0 aliphatic carbocycles. The lowest BCUT2D eigenvalue weighted by atomic mass is 10.1. The molecular weight excluding hydrogens is 604 g/mol.